The van der Waals surface area contributed by atoms with Gasteiger partial charge in [0.1, 0.15) is 5.82 Å². The Kier molecular flexibility index (Phi) is 6.58. The molecule has 3 fully saturated rings. The van der Waals surface area contributed by atoms with Crippen molar-refractivity contribution < 1.29 is 19.0 Å². The van der Waals surface area contributed by atoms with Gasteiger partial charge >= 0.3 is 5.97 Å². The number of pyridine rings is 1. The standard InChI is InChI=1S/C28H34FN5O3/c1-37-22-11-15-32(16-12-22)20-9-13-33(14-10-20)24-17-23(28(35)36)30-27-25(24)26(18-3-2-4-18)31-34(27)21-7-5-19(29)6-8-21/h5-8,17-18,20,22H,2-4,9-16H2,1H3,(H,35,36). The van der Waals surface area contributed by atoms with Crippen LogP contribution in [0.2, 0.25) is 0 Å². The SMILES string of the molecule is COC1CCN(C2CCN(c3cc(C(=O)O)nc4c3c(C3CCC3)nn4-c3ccc(F)cc3)CC2)CC1. The molecule has 0 spiro atoms. The van der Waals surface area contributed by atoms with Gasteiger partial charge in [0, 0.05) is 45.2 Å². The molecule has 0 atom stereocenters. The van der Waals surface area contributed by atoms with Gasteiger partial charge in [0.05, 0.1) is 28.6 Å². The van der Waals surface area contributed by atoms with E-state index >= 15 is 0 Å². The Hall–Kier alpha value is -3.04. The van der Waals surface area contributed by atoms with Crippen LogP contribution in [0, 0.1) is 5.82 Å². The number of carboxylic acid groups (broad SMARTS) is 1. The normalized spacial score (nSPS) is 20.4. The fourth-order valence-electron chi connectivity index (χ4n) is 6.16. The zero-order valence-electron chi connectivity index (χ0n) is 21.3. The number of hydrogen-bond acceptors (Lipinski definition) is 6. The molecule has 1 aromatic carbocycles. The Morgan fingerprint density at radius 2 is 1.73 bits per heavy atom. The maximum Gasteiger partial charge on any atom is 0.354 e. The van der Waals surface area contributed by atoms with E-state index in [9.17, 15) is 14.3 Å². The third-order valence-corrected chi connectivity index (χ3v) is 8.56. The molecule has 0 unspecified atom stereocenters. The fraction of sp³-hybridized carbons (Fsp3) is 0.536. The number of halogens is 1. The maximum absolute atomic E-state index is 13.7. The smallest absolute Gasteiger partial charge is 0.354 e. The topological polar surface area (TPSA) is 83.7 Å². The van der Waals surface area contributed by atoms with Crippen LogP contribution in [-0.4, -0.2) is 76.2 Å². The Labute approximate surface area is 216 Å². The summed E-state index contributed by atoms with van der Waals surface area (Å²) in [5, 5.41) is 15.8. The van der Waals surface area contributed by atoms with Gasteiger partial charge in [0.2, 0.25) is 0 Å². The molecule has 0 bridgehead atoms. The molecule has 1 aliphatic carbocycles. The molecule has 6 rings (SSSR count). The summed E-state index contributed by atoms with van der Waals surface area (Å²) in [5.74, 6) is -1.05. The molecular formula is C28H34FN5O3. The molecule has 2 aliphatic heterocycles. The van der Waals surface area contributed by atoms with Gasteiger partial charge in [-0.3, -0.25) is 0 Å². The first-order chi connectivity index (χ1) is 18.0. The summed E-state index contributed by atoms with van der Waals surface area (Å²) in [6, 6.07) is 8.40. The van der Waals surface area contributed by atoms with Crippen molar-refractivity contribution in [1.82, 2.24) is 19.7 Å². The van der Waals surface area contributed by atoms with Crippen LogP contribution in [0.4, 0.5) is 10.1 Å². The summed E-state index contributed by atoms with van der Waals surface area (Å²) in [6.45, 7) is 3.86. The number of anilines is 1. The minimum absolute atomic E-state index is 0.00897. The van der Waals surface area contributed by atoms with Crippen LogP contribution in [0.5, 0.6) is 0 Å². The molecular weight excluding hydrogens is 473 g/mol. The lowest BCUT2D eigenvalue weighted by Crippen LogP contribution is -2.48. The highest BCUT2D eigenvalue weighted by molar-refractivity contribution is 5.98. The van der Waals surface area contributed by atoms with Crippen molar-refractivity contribution in [1.29, 1.82) is 0 Å². The molecule has 3 aliphatic rings. The predicted molar refractivity (Wildman–Crippen MR) is 139 cm³/mol. The van der Waals surface area contributed by atoms with Gasteiger partial charge in [-0.15, -0.1) is 0 Å². The lowest BCUT2D eigenvalue weighted by Gasteiger charge is -2.42. The van der Waals surface area contributed by atoms with Gasteiger partial charge in [-0.1, -0.05) is 6.42 Å². The van der Waals surface area contributed by atoms with Gasteiger partial charge in [-0.2, -0.15) is 5.10 Å². The summed E-state index contributed by atoms with van der Waals surface area (Å²) in [4.78, 5) is 21.6. The van der Waals surface area contributed by atoms with Gasteiger partial charge in [0.15, 0.2) is 11.3 Å². The number of carbonyl (C=O) groups is 1. The average Bonchev–Trinajstić information content (AvgIpc) is 3.27. The highest BCUT2D eigenvalue weighted by atomic mass is 19.1. The lowest BCUT2D eigenvalue weighted by molar-refractivity contribution is 0.0233. The predicted octanol–water partition coefficient (Wildman–Crippen LogP) is 4.60. The van der Waals surface area contributed by atoms with Crippen LogP contribution >= 0.6 is 0 Å². The van der Waals surface area contributed by atoms with E-state index < -0.39 is 5.97 Å². The number of likely N-dealkylation sites (tertiary alicyclic amines) is 1. The molecule has 2 aromatic heterocycles. The van der Waals surface area contributed by atoms with Crippen molar-refractivity contribution in [2.24, 2.45) is 0 Å². The summed E-state index contributed by atoms with van der Waals surface area (Å²) in [7, 11) is 1.80. The first kappa shape index (κ1) is 24.3. The molecule has 2 saturated heterocycles. The maximum atomic E-state index is 13.7. The quantitative estimate of drug-likeness (QED) is 0.522. The molecule has 4 heterocycles. The van der Waals surface area contributed by atoms with Gasteiger partial charge < -0.3 is 19.6 Å². The number of carboxylic acids is 1. The summed E-state index contributed by atoms with van der Waals surface area (Å²) < 4.78 is 20.9. The second-order valence-electron chi connectivity index (χ2n) is 10.6. The molecule has 3 aromatic rings. The van der Waals surface area contributed by atoms with Crippen molar-refractivity contribution in [3.8, 4) is 5.69 Å². The number of benzene rings is 1. The first-order valence-corrected chi connectivity index (χ1v) is 13.5. The summed E-state index contributed by atoms with van der Waals surface area (Å²) in [6.07, 6.45) is 7.90. The van der Waals surface area contributed by atoms with Gasteiger partial charge in [-0.05, 0) is 68.9 Å². The van der Waals surface area contributed by atoms with E-state index in [2.05, 4.69) is 14.8 Å². The second-order valence-corrected chi connectivity index (χ2v) is 10.6. The molecule has 0 radical (unpaired) electrons. The number of nitrogens with zero attached hydrogens (tertiary/aromatic N) is 5. The minimum Gasteiger partial charge on any atom is -0.477 e. The third kappa shape index (κ3) is 4.59. The van der Waals surface area contributed by atoms with E-state index in [1.54, 1.807) is 30.0 Å². The molecule has 1 N–H and O–H groups in total. The van der Waals surface area contributed by atoms with E-state index in [-0.39, 0.29) is 11.5 Å². The number of methoxy groups -OCH3 is 1. The largest absolute Gasteiger partial charge is 0.477 e. The van der Waals surface area contributed by atoms with Crippen LogP contribution in [0.1, 0.15) is 67.0 Å². The van der Waals surface area contributed by atoms with Crippen LogP contribution in [0.25, 0.3) is 16.7 Å². The summed E-state index contributed by atoms with van der Waals surface area (Å²) in [5.41, 5.74) is 3.11. The van der Waals surface area contributed by atoms with Gasteiger partial charge in [-0.25, -0.2) is 18.9 Å². The summed E-state index contributed by atoms with van der Waals surface area (Å²) >= 11 is 0. The Morgan fingerprint density at radius 1 is 1.03 bits per heavy atom. The van der Waals surface area contributed by atoms with E-state index in [0.29, 0.717) is 29.4 Å². The lowest BCUT2D eigenvalue weighted by atomic mass is 9.82. The number of hydrogen-bond donors (Lipinski definition) is 1. The molecule has 8 nitrogen and oxygen atoms in total. The number of fused-ring (bicyclic) bond motifs is 1. The van der Waals surface area contributed by atoms with E-state index in [0.717, 1.165) is 87.9 Å². The first-order valence-electron chi connectivity index (χ1n) is 13.5. The number of piperidine rings is 2. The zero-order chi connectivity index (χ0) is 25.5. The molecule has 1 saturated carbocycles. The van der Waals surface area contributed by atoms with Crippen molar-refractivity contribution >= 4 is 22.7 Å². The average molecular weight is 508 g/mol. The van der Waals surface area contributed by atoms with E-state index in [1.807, 2.05) is 0 Å². The van der Waals surface area contributed by atoms with Crippen molar-refractivity contribution in [2.45, 2.75) is 63.0 Å². The van der Waals surface area contributed by atoms with Crippen LogP contribution in [0.15, 0.2) is 30.3 Å². The third-order valence-electron chi connectivity index (χ3n) is 8.56. The fourth-order valence-corrected chi connectivity index (χ4v) is 6.16. The van der Waals surface area contributed by atoms with Crippen LogP contribution < -0.4 is 4.90 Å². The molecule has 37 heavy (non-hydrogen) atoms. The highest BCUT2D eigenvalue weighted by Crippen LogP contribution is 2.43. The Morgan fingerprint density at radius 3 is 2.32 bits per heavy atom. The molecule has 9 heteroatoms. The monoisotopic (exact) mass is 507 g/mol. The van der Waals surface area contributed by atoms with E-state index in [1.165, 1.54) is 12.1 Å². The molecule has 196 valence electrons. The van der Waals surface area contributed by atoms with Crippen LogP contribution in [0.3, 0.4) is 0 Å². The molecule has 0 amide bonds. The number of aromatic carboxylic acids is 1. The zero-order valence-corrected chi connectivity index (χ0v) is 21.3. The Bertz CT molecular complexity index is 1270. The number of rotatable bonds is 6. The van der Waals surface area contributed by atoms with Gasteiger partial charge in [0.25, 0.3) is 0 Å². The Balaban J connectivity index is 1.36. The minimum atomic E-state index is -1.06. The highest BCUT2D eigenvalue weighted by Gasteiger charge is 2.33. The van der Waals surface area contributed by atoms with Crippen molar-refractivity contribution in [2.75, 3.05) is 38.2 Å². The van der Waals surface area contributed by atoms with E-state index in [4.69, 9.17) is 9.84 Å². The number of ether oxygens (including phenoxy) is 1. The second kappa shape index (κ2) is 10.0. The number of aromatic nitrogens is 3. The van der Waals surface area contributed by atoms with Crippen molar-refractivity contribution in [3.63, 3.8) is 0 Å². The van der Waals surface area contributed by atoms with Crippen molar-refractivity contribution in [3.05, 3.63) is 47.5 Å². The van der Waals surface area contributed by atoms with Crippen LogP contribution in [-0.2, 0) is 4.74 Å².